The average Bonchev–Trinajstić information content (AvgIpc) is 2.84. The maximum Gasteiger partial charge on any atom is 0.209 e. The van der Waals surface area contributed by atoms with E-state index in [9.17, 15) is 8.42 Å². The first-order valence-electron chi connectivity index (χ1n) is 5.90. The number of hydrogen-bond donors (Lipinski definition) is 1. The smallest absolute Gasteiger partial charge is 0.209 e. The number of rotatable bonds is 6. The molecule has 0 aliphatic rings. The fourth-order valence-electron chi connectivity index (χ4n) is 1.54. The highest BCUT2D eigenvalue weighted by Crippen LogP contribution is 2.17. The Morgan fingerprint density at radius 2 is 2.00 bits per heavy atom. The number of nitrogens with two attached hydrogens (primary N) is 1. The van der Waals surface area contributed by atoms with Gasteiger partial charge in [0.1, 0.15) is 0 Å². The minimum atomic E-state index is -3.29. The lowest BCUT2D eigenvalue weighted by Crippen LogP contribution is -2.09. The number of aryl methyl sites for hydroxylation is 1. The highest BCUT2D eigenvalue weighted by atomic mass is 32.2. The van der Waals surface area contributed by atoms with Crippen molar-refractivity contribution in [1.29, 1.82) is 0 Å². The summed E-state index contributed by atoms with van der Waals surface area (Å²) in [5.41, 5.74) is 6.39. The van der Waals surface area contributed by atoms with Crippen LogP contribution in [0.2, 0.25) is 0 Å². The molecule has 2 N–H and O–H groups in total. The second-order valence-corrected chi connectivity index (χ2v) is 7.27. The van der Waals surface area contributed by atoms with Gasteiger partial charge in [-0.3, -0.25) is 0 Å². The molecule has 7 nitrogen and oxygen atoms in total. The normalized spacial score (nSPS) is 11.7. The lowest BCUT2D eigenvalue weighted by Gasteiger charge is -2.05. The molecular weight excluding hydrogens is 298 g/mol. The Morgan fingerprint density at radius 1 is 1.30 bits per heavy atom. The molecule has 0 bridgehead atoms. The van der Waals surface area contributed by atoms with E-state index in [1.807, 2.05) is 0 Å². The molecule has 0 unspecified atom stereocenters. The molecule has 9 heteroatoms. The van der Waals surface area contributed by atoms with E-state index in [1.54, 1.807) is 31.3 Å². The summed E-state index contributed by atoms with van der Waals surface area (Å²) in [5, 5.41) is 11.6. The minimum absolute atomic E-state index is 0.0342. The first-order chi connectivity index (χ1) is 9.53. The third-order valence-corrected chi connectivity index (χ3v) is 5.69. The predicted molar refractivity (Wildman–Crippen MR) is 75.9 cm³/mol. The summed E-state index contributed by atoms with van der Waals surface area (Å²) in [6, 6.07) is 6.64. The van der Waals surface area contributed by atoms with E-state index in [0.29, 0.717) is 22.3 Å². The van der Waals surface area contributed by atoms with Gasteiger partial charge in [-0.25, -0.2) is 13.1 Å². The van der Waals surface area contributed by atoms with E-state index in [0.717, 1.165) is 5.56 Å². The van der Waals surface area contributed by atoms with Crippen molar-refractivity contribution in [3.8, 4) is 0 Å². The summed E-state index contributed by atoms with van der Waals surface area (Å²) < 4.78 is 25.8. The van der Waals surface area contributed by atoms with E-state index in [-0.39, 0.29) is 5.75 Å². The molecule has 108 valence electrons. The van der Waals surface area contributed by atoms with Crippen LogP contribution in [-0.4, -0.2) is 40.1 Å². The van der Waals surface area contributed by atoms with Gasteiger partial charge in [0.25, 0.3) is 0 Å². The van der Waals surface area contributed by atoms with Gasteiger partial charge in [-0.2, -0.15) is 0 Å². The SMILES string of the molecule is Cn1nnnc1SCCS(=O)(=O)c1ccc(CN)cc1. The minimum Gasteiger partial charge on any atom is -0.326 e. The van der Waals surface area contributed by atoms with Crippen molar-refractivity contribution in [2.24, 2.45) is 12.8 Å². The van der Waals surface area contributed by atoms with Gasteiger partial charge in [-0.15, -0.1) is 5.10 Å². The zero-order valence-electron chi connectivity index (χ0n) is 10.9. The van der Waals surface area contributed by atoms with E-state index in [1.165, 1.54) is 16.4 Å². The number of hydrogen-bond acceptors (Lipinski definition) is 7. The average molecular weight is 313 g/mol. The summed E-state index contributed by atoms with van der Waals surface area (Å²) in [5.74, 6) is 0.432. The van der Waals surface area contributed by atoms with Crippen LogP contribution in [0, 0.1) is 0 Å². The number of sulfone groups is 1. The molecule has 1 heterocycles. The lowest BCUT2D eigenvalue weighted by molar-refractivity contribution is 0.597. The molecule has 0 radical (unpaired) electrons. The topological polar surface area (TPSA) is 104 Å². The van der Waals surface area contributed by atoms with Gasteiger partial charge >= 0.3 is 0 Å². The Bertz CT molecular complexity index is 666. The van der Waals surface area contributed by atoms with Crippen molar-refractivity contribution >= 4 is 21.6 Å². The number of nitrogens with zero attached hydrogens (tertiary/aromatic N) is 4. The molecule has 20 heavy (non-hydrogen) atoms. The van der Waals surface area contributed by atoms with Gasteiger partial charge in [0.05, 0.1) is 10.6 Å². The summed E-state index contributed by atoms with van der Waals surface area (Å²) in [4.78, 5) is 0.311. The summed E-state index contributed by atoms with van der Waals surface area (Å²) >= 11 is 1.31. The third kappa shape index (κ3) is 3.56. The fourth-order valence-corrected chi connectivity index (χ4v) is 4.03. The Kier molecular flexibility index (Phi) is 4.73. The van der Waals surface area contributed by atoms with E-state index >= 15 is 0 Å². The predicted octanol–water partition coefficient (Wildman–Crippen LogP) is 0.235. The van der Waals surface area contributed by atoms with Gasteiger partial charge in [-0.05, 0) is 28.1 Å². The van der Waals surface area contributed by atoms with Crippen molar-refractivity contribution in [3.63, 3.8) is 0 Å². The highest BCUT2D eigenvalue weighted by molar-refractivity contribution is 8.00. The molecule has 0 aliphatic carbocycles. The van der Waals surface area contributed by atoms with Crippen LogP contribution in [-0.2, 0) is 23.4 Å². The lowest BCUT2D eigenvalue weighted by atomic mass is 10.2. The van der Waals surface area contributed by atoms with E-state index in [2.05, 4.69) is 15.5 Å². The second kappa shape index (κ2) is 6.33. The first kappa shape index (κ1) is 14.9. The van der Waals surface area contributed by atoms with Crippen LogP contribution in [0.4, 0.5) is 0 Å². The van der Waals surface area contributed by atoms with Crippen molar-refractivity contribution in [1.82, 2.24) is 20.2 Å². The van der Waals surface area contributed by atoms with Crippen molar-refractivity contribution in [3.05, 3.63) is 29.8 Å². The molecular formula is C11H15N5O2S2. The molecule has 0 saturated carbocycles. The molecule has 0 amide bonds. The van der Waals surface area contributed by atoms with Crippen molar-refractivity contribution in [2.45, 2.75) is 16.6 Å². The summed E-state index contributed by atoms with van der Waals surface area (Å²) in [6.07, 6.45) is 0. The first-order valence-corrected chi connectivity index (χ1v) is 8.53. The number of benzene rings is 1. The van der Waals surface area contributed by atoms with Crippen LogP contribution < -0.4 is 5.73 Å². The Labute approximate surface area is 121 Å². The Morgan fingerprint density at radius 3 is 2.55 bits per heavy atom. The monoisotopic (exact) mass is 313 g/mol. The van der Waals surface area contributed by atoms with Crippen LogP contribution >= 0.6 is 11.8 Å². The second-order valence-electron chi connectivity index (χ2n) is 4.10. The maximum atomic E-state index is 12.1. The molecule has 0 saturated heterocycles. The van der Waals surface area contributed by atoms with Crippen LogP contribution in [0.5, 0.6) is 0 Å². The van der Waals surface area contributed by atoms with Crippen molar-refractivity contribution < 1.29 is 8.42 Å². The fraction of sp³-hybridized carbons (Fsp3) is 0.364. The highest BCUT2D eigenvalue weighted by Gasteiger charge is 2.15. The molecule has 2 rings (SSSR count). The molecule has 2 aromatic rings. The van der Waals surface area contributed by atoms with Gasteiger partial charge in [-0.1, -0.05) is 23.9 Å². The van der Waals surface area contributed by atoms with Crippen LogP contribution in [0.1, 0.15) is 5.56 Å². The third-order valence-electron chi connectivity index (χ3n) is 2.68. The molecule has 0 aliphatic heterocycles. The Hall–Kier alpha value is -1.45. The standard InChI is InChI=1S/C11H15N5O2S2/c1-16-11(13-14-15-16)19-6-7-20(17,18)10-4-2-9(8-12)3-5-10/h2-5H,6-8,12H2,1H3. The van der Waals surface area contributed by atoms with E-state index in [4.69, 9.17) is 5.73 Å². The summed E-state index contributed by atoms with van der Waals surface area (Å²) in [6.45, 7) is 0.398. The molecule has 0 atom stereocenters. The van der Waals surface area contributed by atoms with Crippen LogP contribution in [0.25, 0.3) is 0 Å². The molecule has 1 aromatic heterocycles. The van der Waals surface area contributed by atoms with Gasteiger partial charge in [0.2, 0.25) is 5.16 Å². The Balaban J connectivity index is 1.98. The quantitative estimate of drug-likeness (QED) is 0.761. The summed E-state index contributed by atoms with van der Waals surface area (Å²) in [7, 11) is -1.58. The number of thioether (sulfide) groups is 1. The van der Waals surface area contributed by atoms with Crippen LogP contribution in [0.15, 0.2) is 34.3 Å². The number of tetrazole rings is 1. The molecule has 0 fully saturated rings. The van der Waals surface area contributed by atoms with E-state index < -0.39 is 9.84 Å². The van der Waals surface area contributed by atoms with Crippen LogP contribution in [0.3, 0.4) is 0 Å². The number of aromatic nitrogens is 4. The largest absolute Gasteiger partial charge is 0.326 e. The van der Waals surface area contributed by atoms with Gasteiger partial charge in [0, 0.05) is 19.3 Å². The molecule has 1 aromatic carbocycles. The van der Waals surface area contributed by atoms with Gasteiger partial charge in [0.15, 0.2) is 9.84 Å². The maximum absolute atomic E-state index is 12.1. The zero-order chi connectivity index (χ0) is 14.6. The van der Waals surface area contributed by atoms with Gasteiger partial charge < -0.3 is 5.73 Å². The molecule has 0 spiro atoms. The zero-order valence-corrected chi connectivity index (χ0v) is 12.6. The van der Waals surface area contributed by atoms with Crippen molar-refractivity contribution in [2.75, 3.05) is 11.5 Å².